The van der Waals surface area contributed by atoms with Gasteiger partial charge in [-0.2, -0.15) is 0 Å². The van der Waals surface area contributed by atoms with Crippen molar-refractivity contribution in [3.05, 3.63) is 44.5 Å². The van der Waals surface area contributed by atoms with E-state index in [0.29, 0.717) is 17.4 Å². The molecule has 0 aliphatic heterocycles. The molecule has 0 unspecified atom stereocenters. The molecule has 0 saturated carbocycles. The number of benzene rings is 1. The highest BCUT2D eigenvalue weighted by Gasteiger charge is 1.99. The Kier molecular flexibility index (Phi) is 3.73. The van der Waals surface area contributed by atoms with Gasteiger partial charge in [0.2, 0.25) is 0 Å². The second-order valence-corrected chi connectivity index (χ2v) is 3.29. The van der Waals surface area contributed by atoms with Crippen molar-refractivity contribution in [3.63, 3.8) is 0 Å². The lowest BCUT2D eigenvalue weighted by Crippen LogP contribution is -1.90. The predicted octanol–water partition coefficient (Wildman–Crippen LogP) is 3.44. The Morgan fingerprint density at radius 3 is 2.92 bits per heavy atom. The minimum atomic E-state index is -0.278. The number of azide groups is 1. The lowest BCUT2D eigenvalue weighted by molar-refractivity contribution is 0.626. The third kappa shape index (κ3) is 3.05. The predicted molar refractivity (Wildman–Crippen MR) is 51.8 cm³/mol. The lowest BCUT2D eigenvalue weighted by atomic mass is 10.1. The van der Waals surface area contributed by atoms with Crippen molar-refractivity contribution >= 4 is 15.9 Å². The van der Waals surface area contributed by atoms with Gasteiger partial charge in [0.1, 0.15) is 5.82 Å². The number of halogens is 2. The molecule has 0 heterocycles. The molecule has 0 aliphatic rings. The Hall–Kier alpha value is -1.06. The Morgan fingerprint density at radius 1 is 1.54 bits per heavy atom. The molecule has 0 N–H and O–H groups in total. The first-order chi connectivity index (χ1) is 6.24. The zero-order valence-corrected chi connectivity index (χ0v) is 8.33. The van der Waals surface area contributed by atoms with E-state index in [-0.39, 0.29) is 5.82 Å². The van der Waals surface area contributed by atoms with Crippen LogP contribution in [0.5, 0.6) is 0 Å². The second kappa shape index (κ2) is 4.84. The first-order valence-corrected chi connectivity index (χ1v) is 4.48. The molecule has 3 nitrogen and oxygen atoms in total. The largest absolute Gasteiger partial charge is 0.207 e. The Bertz CT molecular complexity index is 347. The van der Waals surface area contributed by atoms with Gasteiger partial charge >= 0.3 is 0 Å². The third-order valence-corrected chi connectivity index (χ3v) is 2.30. The molecule has 1 aromatic carbocycles. The molecule has 0 fully saturated rings. The summed E-state index contributed by atoms with van der Waals surface area (Å²) < 4.78 is 13.3. The molecule has 13 heavy (non-hydrogen) atoms. The molecular weight excluding hydrogens is 237 g/mol. The molecule has 0 radical (unpaired) electrons. The molecule has 0 saturated heterocycles. The quantitative estimate of drug-likeness (QED) is 0.444. The Balaban J connectivity index is 2.71. The molecule has 1 aromatic rings. The average Bonchev–Trinajstić information content (AvgIpc) is 2.09. The number of nitrogens with zero attached hydrogens (tertiary/aromatic N) is 3. The Labute approximate surface area is 83.3 Å². The summed E-state index contributed by atoms with van der Waals surface area (Å²) in [6.45, 7) is 0.390. The highest BCUT2D eigenvalue weighted by molar-refractivity contribution is 9.10. The lowest BCUT2D eigenvalue weighted by Gasteiger charge is -2.01. The van der Waals surface area contributed by atoms with Crippen LogP contribution in [0.15, 0.2) is 27.8 Å². The standard InChI is InChI=1S/C8H7BrFN3/c9-8-5-7(10)2-1-6(8)3-4-12-13-11/h1-2,5H,3-4H2. The van der Waals surface area contributed by atoms with Crippen LogP contribution in [0, 0.1) is 5.82 Å². The second-order valence-electron chi connectivity index (χ2n) is 2.44. The van der Waals surface area contributed by atoms with Crippen molar-refractivity contribution in [2.75, 3.05) is 6.54 Å². The summed E-state index contributed by atoms with van der Waals surface area (Å²) in [6.07, 6.45) is 0.616. The van der Waals surface area contributed by atoms with E-state index in [4.69, 9.17) is 5.53 Å². The van der Waals surface area contributed by atoms with E-state index >= 15 is 0 Å². The van der Waals surface area contributed by atoms with Crippen molar-refractivity contribution in [3.8, 4) is 0 Å². The first kappa shape index (κ1) is 10.0. The molecule has 0 aliphatic carbocycles. The Morgan fingerprint density at radius 2 is 2.31 bits per heavy atom. The topological polar surface area (TPSA) is 48.8 Å². The zero-order chi connectivity index (χ0) is 9.68. The molecule has 1 rings (SSSR count). The molecule has 68 valence electrons. The van der Waals surface area contributed by atoms with Crippen molar-refractivity contribution in [2.45, 2.75) is 6.42 Å². The van der Waals surface area contributed by atoms with Gasteiger partial charge < -0.3 is 0 Å². The van der Waals surface area contributed by atoms with Gasteiger partial charge in [0.15, 0.2) is 0 Å². The molecule has 0 spiro atoms. The SMILES string of the molecule is [N-]=[N+]=NCCc1ccc(F)cc1Br. The number of hydrogen-bond acceptors (Lipinski definition) is 1. The van der Waals surface area contributed by atoms with Gasteiger partial charge in [-0.1, -0.05) is 27.1 Å². The summed E-state index contributed by atoms with van der Waals surface area (Å²) in [5, 5.41) is 3.40. The molecule has 0 amide bonds. The van der Waals surface area contributed by atoms with Gasteiger partial charge in [-0.25, -0.2) is 4.39 Å². The van der Waals surface area contributed by atoms with Gasteiger partial charge in [-0.05, 0) is 29.6 Å². The number of rotatable bonds is 3. The average molecular weight is 244 g/mol. The van der Waals surface area contributed by atoms with Crippen molar-refractivity contribution in [2.24, 2.45) is 5.11 Å². The first-order valence-electron chi connectivity index (χ1n) is 3.69. The number of hydrogen-bond donors (Lipinski definition) is 0. The van der Waals surface area contributed by atoms with Crippen LogP contribution in [0.4, 0.5) is 4.39 Å². The maximum Gasteiger partial charge on any atom is 0.124 e. The highest BCUT2D eigenvalue weighted by Crippen LogP contribution is 2.18. The van der Waals surface area contributed by atoms with E-state index in [1.54, 1.807) is 6.07 Å². The van der Waals surface area contributed by atoms with Crippen LogP contribution in [0.1, 0.15) is 5.56 Å². The summed E-state index contributed by atoms with van der Waals surface area (Å²) in [4.78, 5) is 2.63. The third-order valence-electron chi connectivity index (χ3n) is 1.56. The monoisotopic (exact) mass is 243 g/mol. The van der Waals surface area contributed by atoms with E-state index in [1.165, 1.54) is 12.1 Å². The maximum atomic E-state index is 12.6. The van der Waals surface area contributed by atoms with Crippen LogP contribution >= 0.6 is 15.9 Å². The summed E-state index contributed by atoms with van der Waals surface area (Å²) >= 11 is 3.22. The molecule has 0 aromatic heterocycles. The van der Waals surface area contributed by atoms with Gasteiger partial charge in [0, 0.05) is 15.9 Å². The fourth-order valence-corrected chi connectivity index (χ4v) is 1.49. The van der Waals surface area contributed by atoms with Crippen LogP contribution in [0.25, 0.3) is 10.4 Å². The summed E-state index contributed by atoms with van der Waals surface area (Å²) in [7, 11) is 0. The molecule has 0 atom stereocenters. The van der Waals surface area contributed by atoms with Crippen molar-refractivity contribution in [1.82, 2.24) is 0 Å². The minimum absolute atomic E-state index is 0.278. The summed E-state index contributed by atoms with van der Waals surface area (Å²) in [5.41, 5.74) is 8.98. The smallest absolute Gasteiger partial charge is 0.124 e. The summed E-state index contributed by atoms with van der Waals surface area (Å²) in [6, 6.07) is 4.45. The molecular formula is C8H7BrFN3. The fraction of sp³-hybridized carbons (Fsp3) is 0.250. The van der Waals surface area contributed by atoms with E-state index < -0.39 is 0 Å². The van der Waals surface area contributed by atoms with E-state index in [9.17, 15) is 4.39 Å². The highest BCUT2D eigenvalue weighted by atomic mass is 79.9. The zero-order valence-electron chi connectivity index (χ0n) is 6.74. The fourth-order valence-electron chi connectivity index (χ4n) is 0.940. The van der Waals surface area contributed by atoms with Gasteiger partial charge in [0.25, 0.3) is 0 Å². The summed E-state index contributed by atoms with van der Waals surface area (Å²) in [5.74, 6) is -0.278. The molecule has 5 heteroatoms. The van der Waals surface area contributed by atoms with Crippen LogP contribution in [0.2, 0.25) is 0 Å². The van der Waals surface area contributed by atoms with E-state index in [2.05, 4.69) is 26.0 Å². The van der Waals surface area contributed by atoms with Crippen LogP contribution in [-0.4, -0.2) is 6.54 Å². The molecule has 0 bridgehead atoms. The van der Waals surface area contributed by atoms with E-state index in [1.807, 2.05) is 0 Å². The van der Waals surface area contributed by atoms with Crippen LogP contribution in [-0.2, 0) is 6.42 Å². The van der Waals surface area contributed by atoms with Gasteiger partial charge in [-0.15, -0.1) is 0 Å². The van der Waals surface area contributed by atoms with Crippen molar-refractivity contribution < 1.29 is 4.39 Å². The van der Waals surface area contributed by atoms with Crippen LogP contribution in [0.3, 0.4) is 0 Å². The minimum Gasteiger partial charge on any atom is -0.207 e. The van der Waals surface area contributed by atoms with E-state index in [0.717, 1.165) is 5.56 Å². The van der Waals surface area contributed by atoms with Gasteiger partial charge in [0.05, 0.1) is 0 Å². The normalized spacial score (nSPS) is 9.38. The maximum absolute atomic E-state index is 12.6. The van der Waals surface area contributed by atoms with Gasteiger partial charge in [-0.3, -0.25) is 0 Å². The van der Waals surface area contributed by atoms with Crippen molar-refractivity contribution in [1.29, 1.82) is 0 Å². The van der Waals surface area contributed by atoms with Crippen LogP contribution < -0.4 is 0 Å².